The number of nitrogens with zero attached hydrogens (tertiary/aromatic N) is 2. The van der Waals surface area contributed by atoms with E-state index in [1.807, 2.05) is 4.90 Å². The van der Waals surface area contributed by atoms with Crippen molar-refractivity contribution in [2.45, 2.75) is 12.3 Å². The van der Waals surface area contributed by atoms with Gasteiger partial charge in [-0.1, -0.05) is 12.1 Å². The zero-order valence-electron chi connectivity index (χ0n) is 16.4. The number of aliphatic imine (C=N–C) groups is 1. The Morgan fingerprint density at radius 1 is 1.23 bits per heavy atom. The van der Waals surface area contributed by atoms with Crippen molar-refractivity contribution in [1.82, 2.24) is 15.5 Å². The maximum atomic E-state index is 13.0. The lowest BCUT2D eigenvalue weighted by Crippen LogP contribution is -2.49. The van der Waals surface area contributed by atoms with Crippen LogP contribution in [-0.2, 0) is 10.9 Å². The smallest absolute Gasteiger partial charge is 0.416 e. The Hall–Kier alpha value is -3.01. The Morgan fingerprint density at radius 3 is 2.73 bits per heavy atom. The Bertz CT molecular complexity index is 868. The van der Waals surface area contributed by atoms with Gasteiger partial charge in [-0.05, 0) is 29.8 Å². The first-order valence-electron chi connectivity index (χ1n) is 9.44. The van der Waals surface area contributed by atoms with Crippen LogP contribution in [0.25, 0.3) is 0 Å². The molecule has 1 amide bonds. The van der Waals surface area contributed by atoms with Crippen LogP contribution in [0.2, 0.25) is 0 Å². The monoisotopic (exact) mass is 424 g/mol. The van der Waals surface area contributed by atoms with Gasteiger partial charge in [0.15, 0.2) is 11.7 Å². The van der Waals surface area contributed by atoms with Crippen molar-refractivity contribution in [2.75, 3.05) is 39.8 Å². The fraction of sp³-hybridized carbons (Fsp3) is 0.400. The van der Waals surface area contributed by atoms with Gasteiger partial charge in [0.05, 0.1) is 25.0 Å². The van der Waals surface area contributed by atoms with Crippen LogP contribution in [0.1, 0.15) is 27.8 Å². The van der Waals surface area contributed by atoms with Gasteiger partial charge in [-0.25, -0.2) is 0 Å². The summed E-state index contributed by atoms with van der Waals surface area (Å²) in [6.07, 6.45) is -3.48. The van der Waals surface area contributed by atoms with Gasteiger partial charge in [-0.2, -0.15) is 13.2 Å². The number of furan rings is 1. The summed E-state index contributed by atoms with van der Waals surface area (Å²) in [6, 6.07) is 8.38. The first-order chi connectivity index (χ1) is 14.4. The van der Waals surface area contributed by atoms with Crippen molar-refractivity contribution in [3.05, 3.63) is 59.5 Å². The summed E-state index contributed by atoms with van der Waals surface area (Å²) < 4.78 is 49.7. The number of guanidine groups is 1. The van der Waals surface area contributed by atoms with Gasteiger partial charge in [-0.15, -0.1) is 0 Å². The highest BCUT2D eigenvalue weighted by Gasteiger charge is 2.32. The van der Waals surface area contributed by atoms with Crippen molar-refractivity contribution < 1.29 is 27.1 Å². The molecule has 10 heteroatoms. The van der Waals surface area contributed by atoms with Crippen molar-refractivity contribution >= 4 is 11.9 Å². The Labute approximate surface area is 171 Å². The van der Waals surface area contributed by atoms with Crippen LogP contribution < -0.4 is 10.6 Å². The molecule has 2 aromatic rings. The number of halogens is 3. The zero-order valence-corrected chi connectivity index (χ0v) is 16.4. The highest BCUT2D eigenvalue weighted by Crippen LogP contribution is 2.32. The molecule has 1 unspecified atom stereocenters. The number of benzene rings is 1. The van der Waals surface area contributed by atoms with E-state index in [-0.39, 0.29) is 11.7 Å². The largest absolute Gasteiger partial charge is 0.459 e. The number of carbonyl (C=O) groups excluding carboxylic acids is 1. The van der Waals surface area contributed by atoms with E-state index < -0.39 is 17.8 Å². The number of hydrogen-bond acceptors (Lipinski definition) is 4. The van der Waals surface area contributed by atoms with Crippen LogP contribution in [0, 0.1) is 0 Å². The third-order valence-corrected chi connectivity index (χ3v) is 4.60. The molecule has 2 heterocycles. The Balaban J connectivity index is 1.54. The van der Waals surface area contributed by atoms with E-state index in [4.69, 9.17) is 9.15 Å². The molecule has 0 radical (unpaired) electrons. The molecule has 0 aliphatic carbocycles. The van der Waals surface area contributed by atoms with Crippen molar-refractivity contribution in [3.8, 4) is 0 Å². The molecule has 1 aromatic carbocycles. The number of alkyl halides is 3. The molecule has 7 nitrogen and oxygen atoms in total. The predicted molar refractivity (Wildman–Crippen MR) is 104 cm³/mol. The normalized spacial score (nSPS) is 17.7. The third-order valence-electron chi connectivity index (χ3n) is 4.60. The summed E-state index contributed by atoms with van der Waals surface area (Å²) in [5, 5.41) is 5.86. The number of ether oxygens (including phenoxy) is 1. The second-order valence-electron chi connectivity index (χ2n) is 6.64. The second-order valence-corrected chi connectivity index (χ2v) is 6.64. The van der Waals surface area contributed by atoms with E-state index in [0.29, 0.717) is 44.3 Å². The molecule has 1 aromatic heterocycles. The molecule has 1 aliphatic rings. The van der Waals surface area contributed by atoms with E-state index in [0.717, 1.165) is 12.1 Å². The fourth-order valence-electron chi connectivity index (χ4n) is 3.14. The molecule has 162 valence electrons. The van der Waals surface area contributed by atoms with E-state index in [9.17, 15) is 18.0 Å². The van der Waals surface area contributed by atoms with Gasteiger partial charge < -0.3 is 24.7 Å². The third kappa shape index (κ3) is 5.53. The molecule has 1 fully saturated rings. The van der Waals surface area contributed by atoms with Crippen LogP contribution in [0.3, 0.4) is 0 Å². The van der Waals surface area contributed by atoms with E-state index in [1.54, 1.807) is 25.2 Å². The maximum Gasteiger partial charge on any atom is 0.416 e. The number of rotatable bonds is 5. The van der Waals surface area contributed by atoms with Gasteiger partial charge >= 0.3 is 6.18 Å². The summed E-state index contributed by atoms with van der Waals surface area (Å²) in [4.78, 5) is 18.0. The second kappa shape index (κ2) is 9.66. The van der Waals surface area contributed by atoms with Crippen molar-refractivity contribution in [2.24, 2.45) is 4.99 Å². The SMILES string of the molecule is CN=C(NCCNC(=O)c1ccco1)N1CCOC(c2cccc(C(F)(F)F)c2)C1. The number of nitrogens with one attached hydrogen (secondary N) is 2. The first kappa shape index (κ1) is 21.7. The molecular weight excluding hydrogens is 401 g/mol. The average Bonchev–Trinajstić information content (AvgIpc) is 3.28. The topological polar surface area (TPSA) is 79.1 Å². The van der Waals surface area contributed by atoms with Crippen LogP contribution >= 0.6 is 0 Å². The summed E-state index contributed by atoms with van der Waals surface area (Å²) in [7, 11) is 1.62. The number of carbonyl (C=O) groups is 1. The van der Waals surface area contributed by atoms with Crippen molar-refractivity contribution in [1.29, 1.82) is 0 Å². The molecule has 0 saturated carbocycles. The summed E-state index contributed by atoms with van der Waals surface area (Å²) in [5.41, 5.74) is -0.230. The highest BCUT2D eigenvalue weighted by atomic mass is 19.4. The molecule has 0 bridgehead atoms. The molecule has 2 N–H and O–H groups in total. The first-order valence-corrected chi connectivity index (χ1v) is 9.44. The van der Waals surface area contributed by atoms with Crippen molar-refractivity contribution in [3.63, 3.8) is 0 Å². The standard InChI is InChI=1S/C20H23F3N4O3/c1-24-19(26-8-7-25-18(28)16-6-3-10-29-16)27-9-11-30-17(13-27)14-4-2-5-15(12-14)20(21,22)23/h2-6,10,12,17H,7-9,11,13H2,1H3,(H,24,26)(H,25,28). The van der Waals surface area contributed by atoms with Gasteiger partial charge in [0.25, 0.3) is 5.91 Å². The molecule has 30 heavy (non-hydrogen) atoms. The number of morpholine rings is 1. The summed E-state index contributed by atoms with van der Waals surface area (Å²) in [5.74, 6) is 0.506. The van der Waals surface area contributed by atoms with Gasteiger partial charge in [-0.3, -0.25) is 9.79 Å². The van der Waals surface area contributed by atoms with E-state index in [1.165, 1.54) is 12.3 Å². The lowest BCUT2D eigenvalue weighted by Gasteiger charge is -2.35. The van der Waals surface area contributed by atoms with Gasteiger partial charge in [0.1, 0.15) is 6.10 Å². The zero-order chi connectivity index (χ0) is 21.6. The van der Waals surface area contributed by atoms with Crippen LogP contribution in [-0.4, -0.2) is 56.6 Å². The quantitative estimate of drug-likeness (QED) is 0.438. The molecular formula is C20H23F3N4O3. The predicted octanol–water partition coefficient (Wildman–Crippen LogP) is 2.68. The van der Waals surface area contributed by atoms with Crippen LogP contribution in [0.4, 0.5) is 13.2 Å². The minimum absolute atomic E-state index is 0.233. The van der Waals surface area contributed by atoms with Crippen LogP contribution in [0.5, 0.6) is 0 Å². The molecule has 1 atom stereocenters. The highest BCUT2D eigenvalue weighted by molar-refractivity contribution is 5.91. The molecule has 1 aliphatic heterocycles. The van der Waals surface area contributed by atoms with Gasteiger partial charge in [0.2, 0.25) is 0 Å². The molecule has 3 rings (SSSR count). The maximum absolute atomic E-state index is 13.0. The van der Waals surface area contributed by atoms with Crippen LogP contribution in [0.15, 0.2) is 52.1 Å². The number of hydrogen-bond donors (Lipinski definition) is 2. The number of amides is 1. The van der Waals surface area contributed by atoms with E-state index >= 15 is 0 Å². The average molecular weight is 424 g/mol. The van der Waals surface area contributed by atoms with E-state index in [2.05, 4.69) is 15.6 Å². The summed E-state index contributed by atoms with van der Waals surface area (Å²) >= 11 is 0. The minimum Gasteiger partial charge on any atom is -0.459 e. The molecule has 0 spiro atoms. The lowest BCUT2D eigenvalue weighted by molar-refractivity contribution is -0.137. The Morgan fingerprint density at radius 2 is 2.03 bits per heavy atom. The fourth-order valence-corrected chi connectivity index (χ4v) is 3.14. The molecule has 1 saturated heterocycles. The lowest BCUT2D eigenvalue weighted by atomic mass is 10.0. The van der Waals surface area contributed by atoms with Gasteiger partial charge in [0, 0.05) is 26.7 Å². The summed E-state index contributed by atoms with van der Waals surface area (Å²) in [6.45, 7) is 2.04. The Kier molecular flexibility index (Phi) is 6.99. The minimum atomic E-state index is -4.40.